The summed E-state index contributed by atoms with van der Waals surface area (Å²) in [6, 6.07) is 165. The van der Waals surface area contributed by atoms with Gasteiger partial charge in [-0.3, -0.25) is 0 Å². The van der Waals surface area contributed by atoms with Gasteiger partial charge in [-0.25, -0.2) is 0 Å². The van der Waals surface area contributed by atoms with E-state index in [9.17, 15) is 0 Å². The molecule has 0 aliphatic carbocycles. The van der Waals surface area contributed by atoms with Gasteiger partial charge >= 0.3 is 0 Å². The average molecular weight is 1860 g/mol. The molecule has 4 nitrogen and oxygen atoms in total. The number of fused-ring (bicyclic) bond motifs is 21. The summed E-state index contributed by atoms with van der Waals surface area (Å²) >= 11 is 5.61. The van der Waals surface area contributed by atoms with Gasteiger partial charge in [0.25, 0.3) is 0 Å². The predicted molar refractivity (Wildman–Crippen MR) is 604 cm³/mol. The molecule has 672 valence electrons. The number of aryl methyl sites for hydroxylation is 7. The number of para-hydroxylation sites is 7. The van der Waals surface area contributed by atoms with E-state index in [0.29, 0.717) is 0 Å². The summed E-state index contributed by atoms with van der Waals surface area (Å²) in [6.45, 7) is 14.9. The quantitative estimate of drug-likeness (QED) is 0.160. The molecule has 0 bridgehead atoms. The molecular formula is C133H98O4S3. The molecule has 0 saturated heterocycles. The minimum absolute atomic E-state index is 0.946. The summed E-state index contributed by atoms with van der Waals surface area (Å²) in [5.41, 5.74) is 34.1. The predicted octanol–water partition coefficient (Wildman–Crippen LogP) is 40.3. The number of benzene rings is 21. The van der Waals surface area contributed by atoms with E-state index in [4.69, 9.17) is 17.7 Å². The van der Waals surface area contributed by atoms with E-state index < -0.39 is 0 Å². The summed E-state index contributed by atoms with van der Waals surface area (Å²) in [7, 11) is 0. The first kappa shape index (κ1) is 88.7. The first-order chi connectivity index (χ1) is 68.8. The Morgan fingerprint density at radius 3 is 0.843 bits per heavy atom. The van der Waals surface area contributed by atoms with Crippen molar-refractivity contribution in [3.63, 3.8) is 0 Å². The van der Waals surface area contributed by atoms with E-state index in [-0.39, 0.29) is 0 Å². The van der Waals surface area contributed by atoms with Gasteiger partial charge in [-0.15, -0.1) is 34.0 Å². The Morgan fingerprint density at radius 2 is 0.400 bits per heavy atom. The lowest BCUT2D eigenvalue weighted by Crippen LogP contribution is -1.82. The molecule has 0 unspecified atom stereocenters. The topological polar surface area (TPSA) is 52.6 Å². The van der Waals surface area contributed by atoms with Crippen LogP contribution in [0.25, 0.3) is 226 Å². The van der Waals surface area contributed by atoms with Crippen LogP contribution in [0.2, 0.25) is 0 Å². The van der Waals surface area contributed by atoms with Gasteiger partial charge in [-0.2, -0.15) is 0 Å². The maximum atomic E-state index is 6.09. The van der Waals surface area contributed by atoms with Gasteiger partial charge in [0.2, 0.25) is 0 Å². The van der Waals surface area contributed by atoms with Crippen LogP contribution in [0.4, 0.5) is 0 Å². The third-order valence-corrected chi connectivity index (χ3v) is 30.0. The highest BCUT2D eigenvalue weighted by molar-refractivity contribution is 7.26. The Morgan fingerprint density at radius 1 is 0.136 bits per heavy atom. The van der Waals surface area contributed by atoms with Gasteiger partial charge < -0.3 is 17.7 Å². The van der Waals surface area contributed by atoms with Crippen molar-refractivity contribution in [3.05, 3.63) is 506 Å². The molecule has 0 N–H and O–H groups in total. The summed E-state index contributed by atoms with van der Waals surface area (Å²) < 4.78 is 32.3. The van der Waals surface area contributed by atoms with Gasteiger partial charge in [-0.05, 0) is 217 Å². The average Bonchev–Trinajstić information content (AvgIpc) is 1.62. The van der Waals surface area contributed by atoms with Crippen LogP contribution in [0, 0.1) is 48.5 Å². The lowest BCUT2D eigenvalue weighted by molar-refractivity contribution is 0.669. The van der Waals surface area contributed by atoms with Crippen molar-refractivity contribution in [3.8, 4) is 77.9 Å². The van der Waals surface area contributed by atoms with E-state index in [1.165, 1.54) is 204 Å². The monoisotopic (exact) mass is 1850 g/mol. The molecular weight excluding hydrogens is 1760 g/mol. The molecule has 7 heteroatoms. The molecule has 21 aromatic carbocycles. The number of thiophene rings is 3. The van der Waals surface area contributed by atoms with E-state index in [0.717, 1.165) is 61.4 Å². The van der Waals surface area contributed by atoms with Crippen LogP contribution < -0.4 is 0 Å². The van der Waals surface area contributed by atoms with Gasteiger partial charge in [0.15, 0.2) is 0 Å². The third kappa shape index (κ3) is 18.2. The Kier molecular flexibility index (Phi) is 24.9. The second-order valence-corrected chi connectivity index (χ2v) is 39.2. The molecule has 0 amide bonds. The molecule has 7 heterocycles. The Labute approximate surface area is 825 Å². The van der Waals surface area contributed by atoms with E-state index in [2.05, 4.69) is 467 Å². The zero-order chi connectivity index (χ0) is 94.7. The molecule has 0 saturated carbocycles. The molecule has 0 aliphatic heterocycles. The zero-order valence-corrected chi connectivity index (χ0v) is 81.3. The standard InChI is InChI=1S/4C19H14O.3C19H14S/c1-13-6-4-7-14(12-13)15-9-5-10-17-16-8-2-3-11-18(16)20-19(15)17;1-13-7-2-3-8-14(13)16-10-6-11-17-15-9-4-5-12-18(15)20-19(16)17;1-13-6-2-3-7-15(13)14-10-11-19-17(12-14)16-8-4-5-9-18(16)20-19;1-13-9-11-14(12-10-13)15-6-4-7-17-16-5-2-3-8-18(16)20-19(15)17;1-13-5-4-6-14(11-13)15-9-10-19-17(12-15)16-7-2-3-8-18(16)20-19;1-13-6-2-3-7-15(13)14-10-11-19-17(12-14)16-8-4-5-9-18(16)20-19;1-13-6-8-14(9-7-13)15-10-11-19-17(12-15)16-4-2-3-5-18(16)20-19/h7*2-12H,1H3. The normalized spacial score (nSPS) is 11.2. The van der Waals surface area contributed by atoms with Gasteiger partial charge in [0, 0.05) is 120 Å². The first-order valence-electron chi connectivity index (χ1n) is 47.6. The SMILES string of the molecule is Cc1ccc(-c2ccc3sc4ccccc4c3c2)cc1.Cc1ccc(-c2cccc3c2oc2ccccc23)cc1.Cc1cccc(-c2ccc3sc4ccccc4c3c2)c1.Cc1cccc(-c2cccc3c2oc2ccccc23)c1.Cc1ccccc1-c1ccc2oc3ccccc3c2c1.Cc1ccccc1-c1ccc2sc3ccccc3c2c1.Cc1ccccc1-c1cccc2c1oc1ccccc12. The molecule has 140 heavy (non-hydrogen) atoms. The van der Waals surface area contributed by atoms with Crippen LogP contribution in [0.1, 0.15) is 38.9 Å². The van der Waals surface area contributed by atoms with Crippen molar-refractivity contribution >= 4 is 182 Å². The van der Waals surface area contributed by atoms with Crippen LogP contribution in [0.5, 0.6) is 0 Å². The largest absolute Gasteiger partial charge is 0.456 e. The van der Waals surface area contributed by atoms with Crippen molar-refractivity contribution in [1.82, 2.24) is 0 Å². The van der Waals surface area contributed by atoms with E-state index in [1.807, 2.05) is 82.5 Å². The first-order valence-corrected chi connectivity index (χ1v) is 50.1. The van der Waals surface area contributed by atoms with Crippen molar-refractivity contribution in [2.75, 3.05) is 0 Å². The van der Waals surface area contributed by atoms with Crippen molar-refractivity contribution in [2.24, 2.45) is 0 Å². The minimum atomic E-state index is 0.946. The van der Waals surface area contributed by atoms with Crippen LogP contribution >= 0.6 is 34.0 Å². The fraction of sp³-hybridized carbons (Fsp3) is 0.0526. The van der Waals surface area contributed by atoms with Crippen molar-refractivity contribution in [1.29, 1.82) is 0 Å². The highest BCUT2D eigenvalue weighted by atomic mass is 32.1. The van der Waals surface area contributed by atoms with Crippen LogP contribution in [0.15, 0.2) is 485 Å². The Bertz CT molecular complexity index is 9240. The Hall–Kier alpha value is -16.5. The third-order valence-electron chi connectivity index (χ3n) is 26.5. The number of rotatable bonds is 7. The molecule has 28 rings (SSSR count). The van der Waals surface area contributed by atoms with E-state index >= 15 is 0 Å². The molecule has 0 atom stereocenters. The number of furan rings is 4. The molecule has 7 aromatic heterocycles. The summed E-state index contributed by atoms with van der Waals surface area (Å²) in [5, 5.41) is 17.6. The minimum Gasteiger partial charge on any atom is -0.456 e. The van der Waals surface area contributed by atoms with Gasteiger partial charge in [-0.1, -0.05) is 398 Å². The number of hydrogen-bond donors (Lipinski definition) is 0. The van der Waals surface area contributed by atoms with Gasteiger partial charge in [0.1, 0.15) is 44.7 Å². The smallest absolute Gasteiger partial charge is 0.143 e. The second kappa shape index (κ2) is 39.3. The summed E-state index contributed by atoms with van der Waals surface area (Å²) in [5.74, 6) is 0. The van der Waals surface area contributed by atoms with Crippen molar-refractivity contribution in [2.45, 2.75) is 48.5 Å². The molecule has 0 radical (unpaired) electrons. The lowest BCUT2D eigenvalue weighted by Gasteiger charge is -2.06. The van der Waals surface area contributed by atoms with Crippen LogP contribution in [0.3, 0.4) is 0 Å². The molecule has 0 aliphatic rings. The maximum absolute atomic E-state index is 6.09. The Balaban J connectivity index is 0.0000000939. The highest BCUT2D eigenvalue weighted by Gasteiger charge is 2.19. The van der Waals surface area contributed by atoms with E-state index in [1.54, 1.807) is 0 Å². The highest BCUT2D eigenvalue weighted by Crippen LogP contribution is 2.45. The van der Waals surface area contributed by atoms with Crippen LogP contribution in [-0.2, 0) is 0 Å². The fourth-order valence-electron chi connectivity index (χ4n) is 19.3. The lowest BCUT2D eigenvalue weighted by atomic mass is 9.98. The van der Waals surface area contributed by atoms with Gasteiger partial charge in [0.05, 0.1) is 0 Å². The molecule has 0 fully saturated rings. The molecule has 0 spiro atoms. The zero-order valence-electron chi connectivity index (χ0n) is 78.8. The number of hydrogen-bond acceptors (Lipinski definition) is 7. The molecule has 28 aromatic rings. The second-order valence-electron chi connectivity index (χ2n) is 36.0. The fourth-order valence-corrected chi connectivity index (χ4v) is 22.6. The maximum Gasteiger partial charge on any atom is 0.143 e. The summed E-state index contributed by atoms with van der Waals surface area (Å²) in [4.78, 5) is 0. The van der Waals surface area contributed by atoms with Crippen LogP contribution in [-0.4, -0.2) is 0 Å². The van der Waals surface area contributed by atoms with Crippen molar-refractivity contribution < 1.29 is 17.7 Å². The summed E-state index contributed by atoms with van der Waals surface area (Å²) in [6.07, 6.45) is 0.